The first-order chi connectivity index (χ1) is 13.2. The van der Waals surface area contributed by atoms with Gasteiger partial charge in [-0.2, -0.15) is 0 Å². The van der Waals surface area contributed by atoms with E-state index in [2.05, 4.69) is 0 Å². The molecule has 0 aromatic heterocycles. The molecule has 0 aliphatic rings. The van der Waals surface area contributed by atoms with Crippen molar-refractivity contribution < 1.29 is 17.9 Å². The summed E-state index contributed by atoms with van der Waals surface area (Å²) in [7, 11) is -0.319. The van der Waals surface area contributed by atoms with Gasteiger partial charge in [0.25, 0.3) is 0 Å². The second-order valence-corrected chi connectivity index (χ2v) is 9.43. The SMILES string of the molecule is COc1cc([C@@H](C)C(CC=C(C)C)S(=O)(=O)c2ccccc2)c(OC)cc1C. The smallest absolute Gasteiger partial charge is 0.182 e. The molecule has 0 spiro atoms. The first-order valence-corrected chi connectivity index (χ1v) is 10.9. The normalized spacial score (nSPS) is 13.5. The van der Waals surface area contributed by atoms with E-state index in [9.17, 15) is 8.42 Å². The summed E-state index contributed by atoms with van der Waals surface area (Å²) in [5, 5.41) is -0.619. The van der Waals surface area contributed by atoms with Crippen molar-refractivity contribution in [2.24, 2.45) is 0 Å². The Bertz CT molecular complexity index is 927. The van der Waals surface area contributed by atoms with Crippen molar-refractivity contribution in [3.8, 4) is 11.5 Å². The van der Waals surface area contributed by atoms with Crippen molar-refractivity contribution in [2.45, 2.75) is 50.2 Å². The Hall–Kier alpha value is -2.27. The van der Waals surface area contributed by atoms with E-state index in [0.717, 1.165) is 22.4 Å². The lowest BCUT2D eigenvalue weighted by Crippen LogP contribution is -2.27. The molecular weight excluding hydrogens is 372 g/mol. The molecule has 0 heterocycles. The standard InChI is InChI=1S/C23H30O4S/c1-16(2)12-13-23(28(24,25)19-10-8-7-9-11-19)18(4)20-15-21(26-5)17(3)14-22(20)27-6/h7-12,14-15,18,23H,13H2,1-6H3/t18-,23?/m1/s1. The molecule has 2 rings (SSSR count). The van der Waals surface area contributed by atoms with Crippen LogP contribution in [0.2, 0.25) is 0 Å². The lowest BCUT2D eigenvalue weighted by molar-refractivity contribution is 0.392. The molecule has 0 N–H and O–H groups in total. The zero-order valence-electron chi connectivity index (χ0n) is 17.5. The topological polar surface area (TPSA) is 52.6 Å². The van der Waals surface area contributed by atoms with Crippen molar-refractivity contribution in [3.63, 3.8) is 0 Å². The molecule has 0 saturated carbocycles. The van der Waals surface area contributed by atoms with Gasteiger partial charge >= 0.3 is 0 Å². The lowest BCUT2D eigenvalue weighted by atomic mass is 9.93. The Morgan fingerprint density at radius 2 is 1.64 bits per heavy atom. The highest BCUT2D eigenvalue weighted by atomic mass is 32.2. The molecule has 0 radical (unpaired) electrons. The largest absolute Gasteiger partial charge is 0.496 e. The summed E-state index contributed by atoms with van der Waals surface area (Å²) < 4.78 is 38.0. The molecule has 5 heteroatoms. The van der Waals surface area contributed by atoms with Gasteiger partial charge in [0.15, 0.2) is 9.84 Å². The molecule has 2 aromatic carbocycles. The Kier molecular flexibility index (Phi) is 7.30. The summed E-state index contributed by atoms with van der Waals surface area (Å²) in [6.45, 7) is 7.84. The summed E-state index contributed by atoms with van der Waals surface area (Å²) in [6, 6.07) is 12.4. The fraction of sp³-hybridized carbons (Fsp3) is 0.391. The lowest BCUT2D eigenvalue weighted by Gasteiger charge is -2.26. The third-order valence-electron chi connectivity index (χ3n) is 5.02. The molecule has 1 unspecified atom stereocenters. The monoisotopic (exact) mass is 402 g/mol. The average Bonchev–Trinajstić information content (AvgIpc) is 2.67. The van der Waals surface area contributed by atoms with Crippen molar-refractivity contribution in [1.82, 2.24) is 0 Å². The van der Waals surface area contributed by atoms with Gasteiger partial charge < -0.3 is 9.47 Å². The Morgan fingerprint density at radius 3 is 2.18 bits per heavy atom. The van der Waals surface area contributed by atoms with E-state index in [1.54, 1.807) is 38.5 Å². The highest BCUT2D eigenvalue weighted by Gasteiger charge is 2.34. The van der Waals surface area contributed by atoms with Gasteiger partial charge in [-0.25, -0.2) is 8.42 Å². The van der Waals surface area contributed by atoms with E-state index in [4.69, 9.17) is 9.47 Å². The molecule has 2 aromatic rings. The van der Waals surface area contributed by atoms with E-state index in [1.165, 1.54) is 0 Å². The first-order valence-electron chi connectivity index (χ1n) is 9.37. The second-order valence-electron chi connectivity index (χ2n) is 7.27. The van der Waals surface area contributed by atoms with Gasteiger partial charge in [0.1, 0.15) is 11.5 Å². The van der Waals surface area contributed by atoms with Crippen LogP contribution in [0, 0.1) is 6.92 Å². The van der Waals surface area contributed by atoms with E-state index in [0.29, 0.717) is 17.1 Å². The molecule has 0 fully saturated rings. The number of allylic oxidation sites excluding steroid dienone is 2. The number of ether oxygens (including phenoxy) is 2. The van der Waals surface area contributed by atoms with Gasteiger partial charge in [0.05, 0.1) is 24.4 Å². The van der Waals surface area contributed by atoms with Crippen LogP contribution in [0.15, 0.2) is 59.0 Å². The highest BCUT2D eigenvalue weighted by Crippen LogP contribution is 2.39. The Labute approximate surface area is 169 Å². The zero-order valence-corrected chi connectivity index (χ0v) is 18.3. The third kappa shape index (κ3) is 4.76. The molecular formula is C23H30O4S. The van der Waals surface area contributed by atoms with Gasteiger partial charge in [-0.05, 0) is 57.0 Å². The summed E-state index contributed by atoms with van der Waals surface area (Å²) in [6.07, 6.45) is 2.42. The van der Waals surface area contributed by atoms with Crippen LogP contribution in [0.5, 0.6) is 11.5 Å². The summed E-state index contributed by atoms with van der Waals surface area (Å²) in [5.74, 6) is 1.11. The number of aryl methyl sites for hydroxylation is 1. The molecule has 28 heavy (non-hydrogen) atoms. The van der Waals surface area contributed by atoms with Crippen LogP contribution < -0.4 is 9.47 Å². The van der Waals surface area contributed by atoms with Gasteiger partial charge in [-0.1, -0.05) is 36.8 Å². The fourth-order valence-corrected chi connectivity index (χ4v) is 5.29. The number of benzene rings is 2. The van der Waals surface area contributed by atoms with Crippen molar-refractivity contribution in [3.05, 3.63) is 65.2 Å². The summed E-state index contributed by atoms with van der Waals surface area (Å²) in [5.41, 5.74) is 2.87. The minimum Gasteiger partial charge on any atom is -0.496 e. The van der Waals surface area contributed by atoms with Gasteiger partial charge in [-0.3, -0.25) is 0 Å². The quantitative estimate of drug-likeness (QED) is 0.561. The number of methoxy groups -OCH3 is 2. The van der Waals surface area contributed by atoms with Gasteiger partial charge in [0, 0.05) is 11.5 Å². The molecule has 0 saturated heterocycles. The van der Waals surface area contributed by atoms with Crippen LogP contribution in [-0.4, -0.2) is 27.9 Å². The fourth-order valence-electron chi connectivity index (χ4n) is 3.37. The molecule has 0 amide bonds. The maximum absolute atomic E-state index is 13.5. The molecule has 0 aliphatic carbocycles. The zero-order chi connectivity index (χ0) is 20.9. The molecule has 0 bridgehead atoms. The molecule has 0 aliphatic heterocycles. The number of hydrogen-bond acceptors (Lipinski definition) is 4. The van der Waals surface area contributed by atoms with Crippen LogP contribution in [0.1, 0.15) is 44.2 Å². The minimum absolute atomic E-state index is 0.287. The Morgan fingerprint density at radius 1 is 1.04 bits per heavy atom. The minimum atomic E-state index is -3.54. The summed E-state index contributed by atoms with van der Waals surface area (Å²) >= 11 is 0. The maximum Gasteiger partial charge on any atom is 0.182 e. The van der Waals surface area contributed by atoms with Crippen molar-refractivity contribution in [2.75, 3.05) is 14.2 Å². The highest BCUT2D eigenvalue weighted by molar-refractivity contribution is 7.92. The third-order valence-corrected chi connectivity index (χ3v) is 7.35. The van der Waals surface area contributed by atoms with Crippen molar-refractivity contribution >= 4 is 9.84 Å². The first kappa shape index (κ1) is 22.0. The second kappa shape index (κ2) is 9.28. The van der Waals surface area contributed by atoms with Crippen LogP contribution in [0.3, 0.4) is 0 Å². The number of rotatable bonds is 8. The predicted molar refractivity (Wildman–Crippen MR) is 114 cm³/mol. The maximum atomic E-state index is 13.5. The summed E-state index contributed by atoms with van der Waals surface area (Å²) in [4.78, 5) is 0.340. The average molecular weight is 403 g/mol. The van der Waals surface area contributed by atoms with E-state index >= 15 is 0 Å². The van der Waals surface area contributed by atoms with E-state index < -0.39 is 15.1 Å². The van der Waals surface area contributed by atoms with Crippen LogP contribution in [0.25, 0.3) is 0 Å². The molecule has 152 valence electrons. The van der Waals surface area contributed by atoms with Crippen molar-refractivity contribution in [1.29, 1.82) is 0 Å². The van der Waals surface area contributed by atoms with E-state index in [1.807, 2.05) is 52.0 Å². The molecule has 4 nitrogen and oxygen atoms in total. The van der Waals surface area contributed by atoms with Gasteiger partial charge in [0.2, 0.25) is 0 Å². The van der Waals surface area contributed by atoms with Crippen LogP contribution >= 0.6 is 0 Å². The predicted octanol–water partition coefficient (Wildman–Crippen LogP) is 5.31. The van der Waals surface area contributed by atoms with Crippen LogP contribution in [-0.2, 0) is 9.84 Å². The number of hydrogen-bond donors (Lipinski definition) is 0. The van der Waals surface area contributed by atoms with E-state index in [-0.39, 0.29) is 5.92 Å². The Balaban J connectivity index is 2.60. The molecule has 2 atom stereocenters. The van der Waals surface area contributed by atoms with Gasteiger partial charge in [-0.15, -0.1) is 0 Å². The van der Waals surface area contributed by atoms with Crippen LogP contribution in [0.4, 0.5) is 0 Å². The number of sulfone groups is 1.